The van der Waals surface area contributed by atoms with Gasteiger partial charge in [-0.3, -0.25) is 0 Å². The van der Waals surface area contributed by atoms with Crippen LogP contribution >= 0.6 is 22.9 Å². The van der Waals surface area contributed by atoms with Crippen molar-refractivity contribution < 1.29 is 4.39 Å². The summed E-state index contributed by atoms with van der Waals surface area (Å²) < 4.78 is 17.8. The van der Waals surface area contributed by atoms with Gasteiger partial charge in [0, 0.05) is 17.5 Å². The Bertz CT molecular complexity index is 766. The molecule has 0 amide bonds. The lowest BCUT2D eigenvalue weighted by molar-refractivity contribution is 0.613. The first-order valence-corrected chi connectivity index (χ1v) is 7.95. The van der Waals surface area contributed by atoms with Gasteiger partial charge in [0.2, 0.25) is 0 Å². The summed E-state index contributed by atoms with van der Waals surface area (Å²) in [5, 5.41) is 6.92. The second kappa shape index (κ2) is 5.79. The Hall–Kier alpha value is -1.99. The number of nitrogens with one attached hydrogen (secondary N) is 1. The lowest BCUT2D eigenvalue weighted by atomic mass is 10.2. The lowest BCUT2D eigenvalue weighted by Crippen LogP contribution is -2.01. The molecule has 0 unspecified atom stereocenters. The number of thiazole rings is 1. The molecule has 3 rings (SSSR count). The van der Waals surface area contributed by atoms with E-state index in [1.807, 2.05) is 18.4 Å². The number of anilines is 2. The first kappa shape index (κ1) is 14.0. The van der Waals surface area contributed by atoms with Crippen LogP contribution in [0.2, 0.25) is 0 Å². The van der Waals surface area contributed by atoms with Crippen molar-refractivity contribution in [3.8, 4) is 11.3 Å². The Morgan fingerprint density at radius 1 is 1.33 bits per heavy atom. The minimum absolute atomic E-state index is 0.228. The van der Waals surface area contributed by atoms with Crippen LogP contribution in [-0.2, 0) is 6.54 Å². The minimum atomic E-state index is -0.228. The van der Waals surface area contributed by atoms with Crippen LogP contribution in [0.25, 0.3) is 11.3 Å². The third-order valence-electron chi connectivity index (χ3n) is 2.99. The van der Waals surface area contributed by atoms with Crippen LogP contribution in [0.1, 0.15) is 10.6 Å². The predicted octanol–water partition coefficient (Wildman–Crippen LogP) is 3.91. The Labute approximate surface area is 129 Å². The molecule has 0 spiro atoms. The molecule has 2 heterocycles. The number of nitrogen functional groups attached to an aromatic ring is 1. The highest BCUT2D eigenvalue weighted by Gasteiger charge is 2.16. The van der Waals surface area contributed by atoms with E-state index >= 15 is 0 Å². The average molecular weight is 320 g/mol. The number of nitrogens with two attached hydrogens (primary N) is 1. The molecule has 2 aromatic heterocycles. The summed E-state index contributed by atoms with van der Waals surface area (Å²) in [4.78, 5) is 4.44. The molecule has 0 radical (unpaired) electrons. The lowest BCUT2D eigenvalue weighted by Gasteiger charge is -2.06. The molecule has 7 heteroatoms. The molecule has 21 heavy (non-hydrogen) atoms. The van der Waals surface area contributed by atoms with Gasteiger partial charge in [0.25, 0.3) is 0 Å². The van der Waals surface area contributed by atoms with Gasteiger partial charge in [0.15, 0.2) is 0 Å². The zero-order valence-corrected chi connectivity index (χ0v) is 12.9. The topological polar surface area (TPSA) is 63.8 Å². The number of hydrogen-bond acceptors (Lipinski definition) is 6. The van der Waals surface area contributed by atoms with Crippen molar-refractivity contribution in [2.45, 2.75) is 13.5 Å². The summed E-state index contributed by atoms with van der Waals surface area (Å²) in [5.41, 5.74) is 8.13. The van der Waals surface area contributed by atoms with Crippen LogP contribution in [-0.4, -0.2) is 9.36 Å². The molecule has 3 aromatic rings. The quantitative estimate of drug-likeness (QED) is 0.765. The minimum Gasteiger partial charge on any atom is -0.382 e. The Morgan fingerprint density at radius 3 is 2.86 bits per heavy atom. The van der Waals surface area contributed by atoms with E-state index in [0.29, 0.717) is 17.9 Å². The van der Waals surface area contributed by atoms with E-state index < -0.39 is 0 Å². The molecule has 1 aromatic carbocycles. The molecule has 0 saturated carbocycles. The third kappa shape index (κ3) is 2.88. The number of halogens is 1. The van der Waals surface area contributed by atoms with Crippen molar-refractivity contribution >= 4 is 33.7 Å². The van der Waals surface area contributed by atoms with Gasteiger partial charge < -0.3 is 11.1 Å². The van der Waals surface area contributed by atoms with Crippen molar-refractivity contribution in [1.29, 1.82) is 0 Å². The highest BCUT2D eigenvalue weighted by atomic mass is 32.1. The van der Waals surface area contributed by atoms with Gasteiger partial charge in [-0.25, -0.2) is 9.37 Å². The van der Waals surface area contributed by atoms with Crippen LogP contribution in [0.15, 0.2) is 29.6 Å². The van der Waals surface area contributed by atoms with E-state index in [9.17, 15) is 4.39 Å². The van der Waals surface area contributed by atoms with Gasteiger partial charge in [-0.05, 0) is 24.5 Å². The highest BCUT2D eigenvalue weighted by Crippen LogP contribution is 2.37. The standard InChI is InChI=1S/C14H13FN4S2/c1-8-18-11(7-20-8)12-13(16)19-21-14(12)17-6-9-4-2-3-5-10(9)15/h2-5,7,17H,6H2,1H3,(H2,16,19). The van der Waals surface area contributed by atoms with E-state index in [4.69, 9.17) is 5.73 Å². The average Bonchev–Trinajstić information content (AvgIpc) is 3.04. The van der Waals surface area contributed by atoms with Crippen molar-refractivity contribution in [3.05, 3.63) is 46.0 Å². The van der Waals surface area contributed by atoms with Gasteiger partial charge in [0.05, 0.1) is 16.3 Å². The Morgan fingerprint density at radius 2 is 2.14 bits per heavy atom. The second-order valence-corrected chi connectivity index (χ2v) is 6.30. The zero-order chi connectivity index (χ0) is 14.8. The normalized spacial score (nSPS) is 10.8. The zero-order valence-electron chi connectivity index (χ0n) is 11.3. The fraction of sp³-hybridized carbons (Fsp3) is 0.143. The summed E-state index contributed by atoms with van der Waals surface area (Å²) in [7, 11) is 0. The van der Waals surface area contributed by atoms with Crippen molar-refractivity contribution in [1.82, 2.24) is 9.36 Å². The predicted molar refractivity (Wildman–Crippen MR) is 86.1 cm³/mol. The fourth-order valence-electron chi connectivity index (χ4n) is 1.97. The van der Waals surface area contributed by atoms with Gasteiger partial charge in [0.1, 0.15) is 16.6 Å². The Kier molecular flexibility index (Phi) is 3.85. The number of hydrogen-bond donors (Lipinski definition) is 2. The van der Waals surface area contributed by atoms with E-state index in [1.165, 1.54) is 17.6 Å². The Balaban J connectivity index is 1.85. The van der Waals surface area contributed by atoms with Crippen molar-refractivity contribution in [3.63, 3.8) is 0 Å². The molecule has 3 N–H and O–H groups in total. The fourth-order valence-corrected chi connectivity index (χ4v) is 3.29. The number of nitrogens with zero attached hydrogens (tertiary/aromatic N) is 2. The molecule has 0 bridgehead atoms. The SMILES string of the molecule is Cc1nc(-c2c(N)nsc2NCc2ccccc2F)cs1. The highest BCUT2D eigenvalue weighted by molar-refractivity contribution is 7.11. The molecule has 0 atom stereocenters. The number of aromatic nitrogens is 2. The van der Waals surface area contributed by atoms with Crippen molar-refractivity contribution in [2.24, 2.45) is 0 Å². The van der Waals surface area contributed by atoms with Crippen LogP contribution in [0.4, 0.5) is 15.2 Å². The molecule has 0 aliphatic heterocycles. The number of benzene rings is 1. The van der Waals surface area contributed by atoms with Crippen LogP contribution < -0.4 is 11.1 Å². The van der Waals surface area contributed by atoms with E-state index in [-0.39, 0.29) is 5.82 Å². The molecule has 0 saturated heterocycles. The third-order valence-corrected chi connectivity index (χ3v) is 4.58. The smallest absolute Gasteiger partial charge is 0.148 e. The first-order chi connectivity index (χ1) is 10.1. The molecular weight excluding hydrogens is 307 g/mol. The summed E-state index contributed by atoms with van der Waals surface area (Å²) in [6.45, 7) is 2.32. The van der Waals surface area contributed by atoms with E-state index in [0.717, 1.165) is 21.3 Å². The van der Waals surface area contributed by atoms with Gasteiger partial charge in [-0.2, -0.15) is 4.37 Å². The second-order valence-electron chi connectivity index (χ2n) is 4.47. The summed E-state index contributed by atoms with van der Waals surface area (Å²) in [6.07, 6.45) is 0. The largest absolute Gasteiger partial charge is 0.382 e. The van der Waals surface area contributed by atoms with Gasteiger partial charge >= 0.3 is 0 Å². The van der Waals surface area contributed by atoms with Crippen molar-refractivity contribution in [2.75, 3.05) is 11.1 Å². The molecule has 0 fully saturated rings. The summed E-state index contributed by atoms with van der Waals surface area (Å²) in [5.74, 6) is 0.217. The maximum Gasteiger partial charge on any atom is 0.148 e. The van der Waals surface area contributed by atoms with Crippen LogP contribution in [0.3, 0.4) is 0 Å². The molecule has 0 aliphatic rings. The van der Waals surface area contributed by atoms with Crippen LogP contribution in [0, 0.1) is 12.7 Å². The van der Waals surface area contributed by atoms with E-state index in [1.54, 1.807) is 23.5 Å². The molecule has 4 nitrogen and oxygen atoms in total. The van der Waals surface area contributed by atoms with Gasteiger partial charge in [-0.1, -0.05) is 18.2 Å². The number of rotatable bonds is 4. The van der Waals surface area contributed by atoms with Crippen LogP contribution in [0.5, 0.6) is 0 Å². The summed E-state index contributed by atoms with van der Waals surface area (Å²) >= 11 is 2.82. The van der Waals surface area contributed by atoms with E-state index in [2.05, 4.69) is 14.7 Å². The molecule has 0 aliphatic carbocycles. The summed E-state index contributed by atoms with van der Waals surface area (Å²) in [6, 6.07) is 6.68. The first-order valence-electron chi connectivity index (χ1n) is 6.30. The maximum absolute atomic E-state index is 13.6. The maximum atomic E-state index is 13.6. The molecule has 108 valence electrons. The van der Waals surface area contributed by atoms with Gasteiger partial charge in [-0.15, -0.1) is 11.3 Å². The monoisotopic (exact) mass is 320 g/mol. The molecular formula is C14H13FN4S2. The number of aryl methyl sites for hydroxylation is 1.